The Morgan fingerprint density at radius 1 is 0.974 bits per heavy atom. The number of halogens is 2. The van der Waals surface area contributed by atoms with Gasteiger partial charge in [-0.05, 0) is 48.7 Å². The molecule has 0 bridgehead atoms. The first kappa shape index (κ1) is 27.4. The lowest BCUT2D eigenvalue weighted by Gasteiger charge is -2.09. The van der Waals surface area contributed by atoms with Crippen molar-refractivity contribution in [3.63, 3.8) is 0 Å². The van der Waals surface area contributed by atoms with Gasteiger partial charge in [-0.2, -0.15) is 0 Å². The van der Waals surface area contributed by atoms with Crippen LogP contribution in [0.1, 0.15) is 39.9 Å². The summed E-state index contributed by atoms with van der Waals surface area (Å²) in [6, 6.07) is 13.7. The van der Waals surface area contributed by atoms with Gasteiger partial charge in [0.25, 0.3) is 5.91 Å². The fourth-order valence-electron chi connectivity index (χ4n) is 3.98. The average Bonchev–Trinajstić information content (AvgIpc) is 3.41. The van der Waals surface area contributed by atoms with Crippen LogP contribution in [0.2, 0.25) is 0 Å². The summed E-state index contributed by atoms with van der Waals surface area (Å²) in [5.41, 5.74) is 2.84. The average molecular weight is 532 g/mol. The molecule has 2 heterocycles. The summed E-state index contributed by atoms with van der Waals surface area (Å²) >= 11 is 0. The van der Waals surface area contributed by atoms with Crippen LogP contribution in [-0.2, 0) is 22.4 Å². The summed E-state index contributed by atoms with van der Waals surface area (Å²) in [6.45, 7) is 2.21. The third-order valence-electron chi connectivity index (χ3n) is 5.97. The first-order chi connectivity index (χ1) is 18.8. The van der Waals surface area contributed by atoms with E-state index in [0.29, 0.717) is 47.7 Å². The highest BCUT2D eigenvalue weighted by Gasteiger charge is 2.14. The van der Waals surface area contributed by atoms with Gasteiger partial charge in [-0.1, -0.05) is 23.8 Å². The highest BCUT2D eigenvalue weighted by atomic mass is 19.1. The fraction of sp³-hybridized carbons (Fsp3) is 0.200. The van der Waals surface area contributed by atoms with Crippen LogP contribution in [0.3, 0.4) is 0 Å². The molecule has 0 unspecified atom stereocenters. The van der Waals surface area contributed by atoms with Gasteiger partial charge in [-0.15, -0.1) is 0 Å². The summed E-state index contributed by atoms with van der Waals surface area (Å²) in [5, 5.41) is 2.74. The van der Waals surface area contributed by atoms with E-state index in [1.165, 1.54) is 24.4 Å². The number of ketones is 1. The van der Waals surface area contributed by atoms with E-state index in [9.17, 15) is 23.2 Å². The molecule has 0 radical (unpaired) electrons. The van der Waals surface area contributed by atoms with E-state index in [1.807, 2.05) is 6.92 Å². The minimum absolute atomic E-state index is 0.118. The molecule has 0 saturated carbocycles. The van der Waals surface area contributed by atoms with E-state index >= 15 is 0 Å². The number of H-pyrrole nitrogens is 1. The van der Waals surface area contributed by atoms with Crippen LogP contribution in [0.5, 0.6) is 11.5 Å². The number of Topliss-reactive ketones (excluding diaryl/α,β-unsaturated/α-hetero) is 1. The molecule has 4 aromatic rings. The van der Waals surface area contributed by atoms with Gasteiger partial charge < -0.3 is 19.8 Å². The van der Waals surface area contributed by atoms with Crippen molar-refractivity contribution in [2.24, 2.45) is 0 Å². The summed E-state index contributed by atoms with van der Waals surface area (Å²) < 4.78 is 34.5. The standard InChI is InChI=1S/C30H27F2N3O4/c1-19-4-7-26(31)21(12-19)14-23(37)13-20-5-6-24(16-27(20)32)39-25-8-10-33-29(17-25)28-15-22(18-35-28)30(38)34-9-2-3-11-36/h4-8,10-12,15-18,35H,2-3,9,13-14H2,1H3,(H,34,38). The smallest absolute Gasteiger partial charge is 0.252 e. The maximum absolute atomic E-state index is 14.8. The lowest BCUT2D eigenvalue weighted by Crippen LogP contribution is -2.23. The number of nitrogens with zero attached hydrogens (tertiary/aromatic N) is 1. The van der Waals surface area contributed by atoms with Gasteiger partial charge in [0.1, 0.15) is 35.2 Å². The van der Waals surface area contributed by atoms with Crippen LogP contribution in [0.25, 0.3) is 11.4 Å². The number of rotatable bonds is 12. The number of hydrogen-bond acceptors (Lipinski definition) is 5. The number of benzene rings is 2. The van der Waals surface area contributed by atoms with Crippen molar-refractivity contribution < 1.29 is 27.9 Å². The largest absolute Gasteiger partial charge is 0.457 e. The number of aromatic amines is 1. The minimum atomic E-state index is -0.604. The molecule has 9 heteroatoms. The normalized spacial score (nSPS) is 10.7. The quantitative estimate of drug-likeness (QED) is 0.185. The van der Waals surface area contributed by atoms with Crippen molar-refractivity contribution >= 4 is 18.0 Å². The molecule has 0 spiro atoms. The molecule has 0 aliphatic heterocycles. The predicted molar refractivity (Wildman–Crippen MR) is 142 cm³/mol. The van der Waals surface area contributed by atoms with Gasteiger partial charge in [0.2, 0.25) is 0 Å². The van der Waals surface area contributed by atoms with Crippen LogP contribution in [-0.4, -0.2) is 34.5 Å². The topological polar surface area (TPSA) is 101 Å². The lowest BCUT2D eigenvalue weighted by atomic mass is 10.0. The van der Waals surface area contributed by atoms with Crippen molar-refractivity contribution in [2.45, 2.75) is 32.6 Å². The molecule has 0 aliphatic carbocycles. The Kier molecular flexibility index (Phi) is 8.94. The van der Waals surface area contributed by atoms with Crippen molar-refractivity contribution in [2.75, 3.05) is 6.54 Å². The molecule has 4 rings (SSSR count). The van der Waals surface area contributed by atoms with Crippen molar-refractivity contribution in [1.82, 2.24) is 15.3 Å². The Balaban J connectivity index is 1.38. The van der Waals surface area contributed by atoms with E-state index in [0.717, 1.165) is 11.8 Å². The van der Waals surface area contributed by atoms with Crippen molar-refractivity contribution in [3.05, 3.63) is 101 Å². The SMILES string of the molecule is Cc1ccc(F)c(CC(=O)Cc2ccc(Oc3ccnc(-c4cc(C(=O)NCCCC=O)c[nH]4)c3)cc2F)c1. The molecule has 2 aromatic heterocycles. The van der Waals surface area contributed by atoms with Crippen LogP contribution >= 0.6 is 0 Å². The number of unbranched alkanes of at least 4 members (excludes halogenated alkanes) is 1. The summed E-state index contributed by atoms with van der Waals surface area (Å²) in [6.07, 6.45) is 4.56. The summed E-state index contributed by atoms with van der Waals surface area (Å²) in [7, 11) is 0. The number of amides is 1. The zero-order valence-electron chi connectivity index (χ0n) is 21.3. The predicted octanol–water partition coefficient (Wildman–Crippen LogP) is 5.52. The molecule has 2 N–H and O–H groups in total. The van der Waals surface area contributed by atoms with E-state index in [1.54, 1.807) is 42.6 Å². The van der Waals surface area contributed by atoms with E-state index in [4.69, 9.17) is 4.74 Å². The zero-order valence-corrected chi connectivity index (χ0v) is 21.3. The van der Waals surface area contributed by atoms with Crippen LogP contribution in [0.15, 0.2) is 67.0 Å². The number of aldehydes is 1. The van der Waals surface area contributed by atoms with Gasteiger partial charge in [0.15, 0.2) is 0 Å². The number of aryl methyl sites for hydroxylation is 1. The number of carbonyl (C=O) groups excluding carboxylic acids is 3. The number of aromatic nitrogens is 2. The summed E-state index contributed by atoms with van der Waals surface area (Å²) in [4.78, 5) is 42.4. The maximum atomic E-state index is 14.8. The molecular weight excluding hydrogens is 504 g/mol. The number of pyridine rings is 1. The minimum Gasteiger partial charge on any atom is -0.457 e. The van der Waals surface area contributed by atoms with Gasteiger partial charge in [-0.25, -0.2) is 8.78 Å². The first-order valence-corrected chi connectivity index (χ1v) is 12.4. The van der Waals surface area contributed by atoms with E-state index in [2.05, 4.69) is 15.3 Å². The number of carbonyl (C=O) groups is 3. The maximum Gasteiger partial charge on any atom is 0.252 e. The molecular formula is C30H27F2N3O4. The zero-order chi connectivity index (χ0) is 27.8. The van der Waals surface area contributed by atoms with Crippen LogP contribution < -0.4 is 10.1 Å². The van der Waals surface area contributed by atoms with Crippen LogP contribution in [0, 0.1) is 18.6 Å². The molecule has 0 fully saturated rings. The molecule has 200 valence electrons. The lowest BCUT2D eigenvalue weighted by molar-refractivity contribution is -0.117. The first-order valence-electron chi connectivity index (χ1n) is 12.4. The van der Waals surface area contributed by atoms with Crippen molar-refractivity contribution in [1.29, 1.82) is 0 Å². The van der Waals surface area contributed by atoms with Crippen molar-refractivity contribution in [3.8, 4) is 22.9 Å². The van der Waals surface area contributed by atoms with Crippen LogP contribution in [0.4, 0.5) is 8.78 Å². The Morgan fingerprint density at radius 2 is 1.77 bits per heavy atom. The molecule has 1 amide bonds. The fourth-order valence-corrected chi connectivity index (χ4v) is 3.98. The van der Waals surface area contributed by atoms with Gasteiger partial charge in [-0.3, -0.25) is 14.6 Å². The Morgan fingerprint density at radius 3 is 2.56 bits per heavy atom. The Hall–Kier alpha value is -4.66. The molecule has 7 nitrogen and oxygen atoms in total. The van der Waals surface area contributed by atoms with Gasteiger partial charge in [0.05, 0.1) is 17.0 Å². The second-order valence-electron chi connectivity index (χ2n) is 9.09. The second-order valence-corrected chi connectivity index (χ2v) is 9.09. The second kappa shape index (κ2) is 12.7. The molecule has 0 aliphatic rings. The summed E-state index contributed by atoms with van der Waals surface area (Å²) in [5.74, 6) is -1.01. The molecule has 0 atom stereocenters. The Labute approximate surface area is 224 Å². The number of hydrogen-bond donors (Lipinski definition) is 2. The Bertz CT molecular complexity index is 1500. The number of nitrogens with one attached hydrogen (secondary N) is 2. The molecule has 0 saturated heterocycles. The molecule has 2 aromatic carbocycles. The third-order valence-corrected chi connectivity index (χ3v) is 5.97. The molecule has 39 heavy (non-hydrogen) atoms. The highest BCUT2D eigenvalue weighted by Crippen LogP contribution is 2.27. The highest BCUT2D eigenvalue weighted by molar-refractivity contribution is 5.95. The number of ether oxygens (including phenoxy) is 1. The van der Waals surface area contributed by atoms with Gasteiger partial charge in [0, 0.05) is 50.3 Å². The van der Waals surface area contributed by atoms with Gasteiger partial charge >= 0.3 is 0 Å². The monoisotopic (exact) mass is 531 g/mol. The van der Waals surface area contributed by atoms with E-state index < -0.39 is 11.6 Å². The van der Waals surface area contributed by atoms with E-state index in [-0.39, 0.29) is 35.8 Å². The third kappa shape index (κ3) is 7.44.